The van der Waals surface area contributed by atoms with Crippen LogP contribution in [0, 0.1) is 17.3 Å². The molecule has 3 atom stereocenters. The lowest BCUT2D eigenvalue weighted by atomic mass is 9.70. The molecule has 1 heterocycles. The van der Waals surface area contributed by atoms with Crippen molar-refractivity contribution in [2.24, 2.45) is 17.3 Å². The van der Waals surface area contributed by atoms with Crippen LogP contribution in [-0.4, -0.2) is 11.1 Å². The van der Waals surface area contributed by atoms with Crippen molar-refractivity contribution in [3.8, 4) is 0 Å². The van der Waals surface area contributed by atoms with Crippen LogP contribution < -0.4 is 0 Å². The summed E-state index contributed by atoms with van der Waals surface area (Å²) in [5.41, 5.74) is 3.37. The molecule has 0 amide bonds. The minimum atomic E-state index is -0.736. The molecule has 3 heteroatoms. The smallest absolute Gasteiger partial charge is 0.337 e. The van der Waals surface area contributed by atoms with E-state index in [1.165, 1.54) is 10.5 Å². The molecule has 0 spiro atoms. The van der Waals surface area contributed by atoms with Crippen molar-refractivity contribution >= 4 is 17.3 Å². The molecule has 138 valence electrons. The molecule has 2 nitrogen and oxygen atoms in total. The maximum Gasteiger partial charge on any atom is 0.337 e. The van der Waals surface area contributed by atoms with E-state index < -0.39 is 5.97 Å². The number of allylic oxidation sites excluding steroid dienone is 6. The van der Waals surface area contributed by atoms with Gasteiger partial charge in [0, 0.05) is 21.6 Å². The first-order chi connectivity index (χ1) is 12.4. The number of carboxylic acids is 1. The Morgan fingerprint density at radius 3 is 2.88 bits per heavy atom. The number of fused-ring (bicyclic) bond motifs is 2. The van der Waals surface area contributed by atoms with Crippen molar-refractivity contribution in [3.05, 3.63) is 56.8 Å². The van der Waals surface area contributed by atoms with Crippen molar-refractivity contribution in [3.63, 3.8) is 0 Å². The van der Waals surface area contributed by atoms with Crippen LogP contribution in [0.2, 0.25) is 0 Å². The molecule has 0 saturated carbocycles. The molecule has 4 rings (SSSR count). The van der Waals surface area contributed by atoms with Crippen LogP contribution in [0.5, 0.6) is 0 Å². The third kappa shape index (κ3) is 2.90. The summed E-state index contributed by atoms with van der Waals surface area (Å²) in [6, 6.07) is 0. The van der Waals surface area contributed by atoms with Gasteiger partial charge < -0.3 is 5.11 Å². The molecule has 3 unspecified atom stereocenters. The van der Waals surface area contributed by atoms with Gasteiger partial charge in [-0.05, 0) is 49.0 Å². The van der Waals surface area contributed by atoms with Gasteiger partial charge in [-0.3, -0.25) is 0 Å². The topological polar surface area (TPSA) is 37.3 Å². The second-order valence-corrected chi connectivity index (χ2v) is 9.89. The molecule has 1 N–H and O–H groups in total. The van der Waals surface area contributed by atoms with E-state index in [0.29, 0.717) is 17.4 Å². The van der Waals surface area contributed by atoms with Gasteiger partial charge in [0.15, 0.2) is 0 Å². The summed E-state index contributed by atoms with van der Waals surface area (Å²) in [5.74, 6) is 0.464. The molecule has 3 aliphatic rings. The molecule has 1 aromatic rings. The van der Waals surface area contributed by atoms with Crippen LogP contribution in [0.25, 0.3) is 0 Å². The zero-order chi connectivity index (χ0) is 18.5. The predicted molar refractivity (Wildman–Crippen MR) is 108 cm³/mol. The Balaban J connectivity index is 1.80. The van der Waals surface area contributed by atoms with E-state index >= 15 is 0 Å². The number of hydrogen-bond donors (Lipinski definition) is 1. The average Bonchev–Trinajstić information content (AvgIpc) is 2.97. The minimum absolute atomic E-state index is 0.199. The molecule has 0 aromatic carbocycles. The molecule has 1 aromatic heterocycles. The van der Waals surface area contributed by atoms with E-state index in [4.69, 9.17) is 0 Å². The average molecular weight is 369 g/mol. The van der Waals surface area contributed by atoms with Gasteiger partial charge in [-0.15, -0.1) is 11.3 Å². The highest BCUT2D eigenvalue weighted by Crippen LogP contribution is 2.50. The molecular weight excluding hydrogens is 340 g/mol. The second-order valence-electron chi connectivity index (χ2n) is 8.76. The van der Waals surface area contributed by atoms with Crippen LogP contribution in [0.15, 0.2) is 36.0 Å². The molecular formula is C23H28O2S. The number of carboxylic acid groups (broad SMARTS) is 1. The maximum atomic E-state index is 12.2. The zero-order valence-electron chi connectivity index (χ0n) is 15.9. The van der Waals surface area contributed by atoms with E-state index in [2.05, 4.69) is 51.2 Å². The number of hydrogen-bond acceptors (Lipinski definition) is 2. The summed E-state index contributed by atoms with van der Waals surface area (Å²) in [5, 5.41) is 10.1. The fraction of sp³-hybridized carbons (Fsp3) is 0.522. The van der Waals surface area contributed by atoms with E-state index in [1.807, 2.05) is 0 Å². The lowest BCUT2D eigenvalue weighted by Crippen LogP contribution is -2.24. The van der Waals surface area contributed by atoms with E-state index in [-0.39, 0.29) is 11.3 Å². The van der Waals surface area contributed by atoms with Gasteiger partial charge in [0.05, 0.1) is 5.56 Å². The number of aryl methyl sites for hydroxylation is 1. The monoisotopic (exact) mass is 368 g/mol. The summed E-state index contributed by atoms with van der Waals surface area (Å²) < 4.78 is 0. The molecule has 0 bridgehead atoms. The minimum Gasteiger partial charge on any atom is -0.478 e. The van der Waals surface area contributed by atoms with Crippen LogP contribution in [-0.2, 0) is 12.8 Å². The van der Waals surface area contributed by atoms with Crippen LogP contribution in [0.1, 0.15) is 71.6 Å². The Morgan fingerprint density at radius 2 is 2.15 bits per heavy atom. The third-order valence-electron chi connectivity index (χ3n) is 6.41. The number of carbonyl (C=O) groups is 1. The number of rotatable bonds is 3. The summed E-state index contributed by atoms with van der Waals surface area (Å²) in [6.45, 7) is 6.77. The lowest BCUT2D eigenvalue weighted by molar-refractivity contribution is 0.0694. The van der Waals surface area contributed by atoms with Crippen LogP contribution >= 0.6 is 11.3 Å². The normalized spacial score (nSPS) is 29.0. The Morgan fingerprint density at radius 1 is 1.35 bits per heavy atom. The first kappa shape index (κ1) is 17.8. The van der Waals surface area contributed by atoms with Crippen molar-refractivity contribution in [1.82, 2.24) is 0 Å². The highest BCUT2D eigenvalue weighted by Gasteiger charge is 2.38. The highest BCUT2D eigenvalue weighted by molar-refractivity contribution is 7.12. The first-order valence-electron chi connectivity index (χ1n) is 9.84. The van der Waals surface area contributed by atoms with E-state index in [0.717, 1.165) is 42.5 Å². The lowest BCUT2D eigenvalue weighted by Gasteiger charge is -2.34. The standard InChI is InChI=1S/C23H28O2S/c1-4-14-7-5-9-16-15(14)8-6-10-17(16)21-20(22(24)25)18-13-23(2,3)12-11-19(18)26-21/h5-9,14-15,17H,4,10-13H2,1-3H3,(H,24,25). The van der Waals surface area contributed by atoms with Gasteiger partial charge in [0.1, 0.15) is 0 Å². The van der Waals surface area contributed by atoms with Crippen molar-refractivity contribution in [2.45, 2.75) is 58.8 Å². The zero-order valence-corrected chi connectivity index (χ0v) is 16.7. The number of thiophene rings is 1. The van der Waals surface area contributed by atoms with Crippen LogP contribution in [0.4, 0.5) is 0 Å². The maximum absolute atomic E-state index is 12.2. The molecule has 0 saturated heterocycles. The number of aromatic carboxylic acids is 1. The Bertz CT molecular complexity index is 822. The second kappa shape index (κ2) is 6.53. The third-order valence-corrected chi connectivity index (χ3v) is 7.82. The van der Waals surface area contributed by atoms with Gasteiger partial charge in [0.25, 0.3) is 0 Å². The SMILES string of the molecule is CCC1C=CC=C2C(c3sc4c(c3C(=O)O)CC(C)(C)CC4)CC=CC21. The largest absolute Gasteiger partial charge is 0.478 e. The van der Waals surface area contributed by atoms with Gasteiger partial charge in [-0.2, -0.15) is 0 Å². The first-order valence-corrected chi connectivity index (χ1v) is 10.7. The van der Waals surface area contributed by atoms with Crippen molar-refractivity contribution in [2.75, 3.05) is 0 Å². The molecule has 0 fully saturated rings. The van der Waals surface area contributed by atoms with E-state index in [9.17, 15) is 9.90 Å². The quantitative estimate of drug-likeness (QED) is 0.650. The summed E-state index contributed by atoms with van der Waals surface area (Å²) >= 11 is 1.78. The summed E-state index contributed by atoms with van der Waals surface area (Å²) in [4.78, 5) is 14.7. The highest BCUT2D eigenvalue weighted by atomic mass is 32.1. The Hall–Kier alpha value is -1.61. The van der Waals surface area contributed by atoms with Crippen molar-refractivity contribution in [1.29, 1.82) is 0 Å². The van der Waals surface area contributed by atoms with E-state index in [1.54, 1.807) is 11.3 Å². The molecule has 26 heavy (non-hydrogen) atoms. The fourth-order valence-electron chi connectivity index (χ4n) is 4.96. The molecule has 0 aliphatic heterocycles. The van der Waals surface area contributed by atoms with Gasteiger partial charge in [-0.25, -0.2) is 4.79 Å². The predicted octanol–water partition coefficient (Wildman–Crippen LogP) is 6.14. The molecule has 3 aliphatic carbocycles. The Labute approximate surface area is 160 Å². The Kier molecular flexibility index (Phi) is 4.46. The summed E-state index contributed by atoms with van der Waals surface area (Å²) in [6.07, 6.45) is 16.5. The summed E-state index contributed by atoms with van der Waals surface area (Å²) in [7, 11) is 0. The van der Waals surface area contributed by atoms with Gasteiger partial charge in [0.2, 0.25) is 0 Å². The van der Waals surface area contributed by atoms with Gasteiger partial charge >= 0.3 is 5.97 Å². The molecule has 0 radical (unpaired) electrons. The van der Waals surface area contributed by atoms with Crippen LogP contribution in [0.3, 0.4) is 0 Å². The van der Waals surface area contributed by atoms with Crippen molar-refractivity contribution < 1.29 is 9.90 Å². The fourth-order valence-corrected chi connectivity index (χ4v) is 6.41. The van der Waals surface area contributed by atoms with Gasteiger partial charge in [-0.1, -0.05) is 56.7 Å².